The van der Waals surface area contributed by atoms with Crippen LogP contribution in [-0.2, 0) is 7.05 Å². The standard InChI is InChI=1S/C28H27N3O/c1-18(2)20-7-10-24(11-8-20)31-26-15-19(3)5-6-21(26)17-27(31)28(32)29-23-9-12-25-22(16-23)13-14-30(25)4/h5-18H,1-4H3,(H,29,32). The first-order valence-corrected chi connectivity index (χ1v) is 11.0. The lowest BCUT2D eigenvalue weighted by Gasteiger charge is -2.13. The zero-order valence-electron chi connectivity index (χ0n) is 18.9. The summed E-state index contributed by atoms with van der Waals surface area (Å²) in [4.78, 5) is 13.4. The van der Waals surface area contributed by atoms with Crippen LogP contribution >= 0.6 is 0 Å². The van der Waals surface area contributed by atoms with Crippen LogP contribution in [0.1, 0.15) is 41.4 Å². The second-order valence-electron chi connectivity index (χ2n) is 8.83. The third kappa shape index (κ3) is 3.48. The lowest BCUT2D eigenvalue weighted by Crippen LogP contribution is -2.16. The zero-order valence-corrected chi connectivity index (χ0v) is 18.9. The van der Waals surface area contributed by atoms with Gasteiger partial charge in [-0.3, -0.25) is 4.79 Å². The van der Waals surface area contributed by atoms with Gasteiger partial charge in [-0.05, 0) is 72.5 Å². The van der Waals surface area contributed by atoms with Crippen LogP contribution in [0.3, 0.4) is 0 Å². The number of carbonyl (C=O) groups is 1. The number of fused-ring (bicyclic) bond motifs is 2. The van der Waals surface area contributed by atoms with Crippen LogP contribution in [0.15, 0.2) is 79.0 Å². The third-order valence-electron chi connectivity index (χ3n) is 6.15. The molecule has 1 amide bonds. The Labute approximate surface area is 188 Å². The summed E-state index contributed by atoms with van der Waals surface area (Å²) < 4.78 is 4.13. The first-order valence-electron chi connectivity index (χ1n) is 11.0. The topological polar surface area (TPSA) is 39.0 Å². The van der Waals surface area contributed by atoms with Crippen LogP contribution in [0.2, 0.25) is 0 Å². The summed E-state index contributed by atoms with van der Waals surface area (Å²) in [5.41, 5.74) is 7.01. The number of benzene rings is 3. The van der Waals surface area contributed by atoms with E-state index in [0.717, 1.165) is 38.7 Å². The molecule has 0 radical (unpaired) electrons. The molecule has 2 aromatic heterocycles. The quantitative estimate of drug-likeness (QED) is 0.340. The Hall–Kier alpha value is -3.79. The van der Waals surface area contributed by atoms with Gasteiger partial charge in [0.1, 0.15) is 5.69 Å². The fourth-order valence-corrected chi connectivity index (χ4v) is 4.32. The van der Waals surface area contributed by atoms with Crippen molar-refractivity contribution in [2.24, 2.45) is 7.05 Å². The molecule has 0 fully saturated rings. The molecule has 4 heteroatoms. The Kier molecular flexibility index (Phi) is 4.86. The van der Waals surface area contributed by atoms with E-state index >= 15 is 0 Å². The molecular weight excluding hydrogens is 394 g/mol. The van der Waals surface area contributed by atoms with Gasteiger partial charge in [-0.2, -0.15) is 0 Å². The Morgan fingerprint density at radius 1 is 0.844 bits per heavy atom. The van der Waals surface area contributed by atoms with Crippen LogP contribution in [0.4, 0.5) is 5.69 Å². The largest absolute Gasteiger partial charge is 0.351 e. The molecule has 0 saturated heterocycles. The van der Waals surface area contributed by atoms with Crippen molar-refractivity contribution in [1.82, 2.24) is 9.13 Å². The molecule has 0 atom stereocenters. The second kappa shape index (κ2) is 7.72. The highest BCUT2D eigenvalue weighted by Gasteiger charge is 2.18. The van der Waals surface area contributed by atoms with Crippen LogP contribution in [-0.4, -0.2) is 15.0 Å². The Morgan fingerprint density at radius 3 is 2.34 bits per heavy atom. The van der Waals surface area contributed by atoms with Crippen LogP contribution < -0.4 is 5.32 Å². The lowest BCUT2D eigenvalue weighted by atomic mass is 10.0. The molecule has 5 rings (SSSR count). The summed E-state index contributed by atoms with van der Waals surface area (Å²) in [5, 5.41) is 5.26. The van der Waals surface area contributed by atoms with Crippen molar-refractivity contribution in [3.8, 4) is 5.69 Å². The van der Waals surface area contributed by atoms with Crippen molar-refractivity contribution >= 4 is 33.4 Å². The molecule has 0 aliphatic carbocycles. The highest BCUT2D eigenvalue weighted by Crippen LogP contribution is 2.28. The number of anilines is 1. The maximum absolute atomic E-state index is 13.4. The number of nitrogens with zero attached hydrogens (tertiary/aromatic N) is 2. The number of amides is 1. The molecule has 0 unspecified atom stereocenters. The molecule has 3 aromatic carbocycles. The van der Waals surface area contributed by atoms with E-state index in [1.807, 2.05) is 37.5 Å². The highest BCUT2D eigenvalue weighted by atomic mass is 16.1. The van der Waals surface area contributed by atoms with Crippen molar-refractivity contribution in [3.05, 3.63) is 95.8 Å². The van der Waals surface area contributed by atoms with Crippen molar-refractivity contribution < 1.29 is 4.79 Å². The van der Waals surface area contributed by atoms with E-state index in [9.17, 15) is 4.79 Å². The molecule has 5 aromatic rings. The summed E-state index contributed by atoms with van der Waals surface area (Å²) in [6.07, 6.45) is 2.03. The maximum Gasteiger partial charge on any atom is 0.272 e. The molecule has 2 heterocycles. The van der Waals surface area contributed by atoms with Gasteiger partial charge in [-0.15, -0.1) is 0 Å². The van der Waals surface area contributed by atoms with Gasteiger partial charge < -0.3 is 14.5 Å². The van der Waals surface area contributed by atoms with Crippen LogP contribution in [0.25, 0.3) is 27.5 Å². The molecular formula is C28H27N3O. The number of hydrogen-bond donors (Lipinski definition) is 1. The highest BCUT2D eigenvalue weighted by molar-refractivity contribution is 6.07. The summed E-state index contributed by atoms with van der Waals surface area (Å²) in [6.45, 7) is 6.45. The van der Waals surface area contributed by atoms with Crippen molar-refractivity contribution in [1.29, 1.82) is 0 Å². The minimum Gasteiger partial charge on any atom is -0.351 e. The Balaban J connectivity index is 1.59. The summed E-state index contributed by atoms with van der Waals surface area (Å²) in [5.74, 6) is 0.338. The van der Waals surface area contributed by atoms with E-state index in [0.29, 0.717) is 11.6 Å². The second-order valence-corrected chi connectivity index (χ2v) is 8.83. The minimum absolute atomic E-state index is 0.123. The third-order valence-corrected chi connectivity index (χ3v) is 6.15. The fraction of sp³-hybridized carbons (Fsp3) is 0.179. The molecule has 0 spiro atoms. The monoisotopic (exact) mass is 421 g/mol. The molecule has 0 bridgehead atoms. The van der Waals surface area contributed by atoms with Gasteiger partial charge >= 0.3 is 0 Å². The molecule has 4 nitrogen and oxygen atoms in total. The summed E-state index contributed by atoms with van der Waals surface area (Å²) >= 11 is 0. The van der Waals surface area contributed by atoms with Gasteiger partial charge in [0, 0.05) is 40.9 Å². The SMILES string of the molecule is Cc1ccc2cc(C(=O)Nc3ccc4c(ccn4C)c3)n(-c3ccc(C(C)C)cc3)c2c1. The smallest absolute Gasteiger partial charge is 0.272 e. The van der Waals surface area contributed by atoms with Crippen LogP contribution in [0, 0.1) is 6.92 Å². The number of aromatic nitrogens is 2. The molecule has 32 heavy (non-hydrogen) atoms. The first-order chi connectivity index (χ1) is 15.4. The number of hydrogen-bond acceptors (Lipinski definition) is 1. The van der Waals surface area contributed by atoms with Crippen molar-refractivity contribution in [2.75, 3.05) is 5.32 Å². The van der Waals surface area contributed by atoms with Crippen LogP contribution in [0.5, 0.6) is 0 Å². The summed E-state index contributed by atoms with van der Waals surface area (Å²) in [6, 6.07) is 24.8. The van der Waals surface area contributed by atoms with Gasteiger partial charge in [0.15, 0.2) is 0 Å². The predicted molar refractivity (Wildman–Crippen MR) is 133 cm³/mol. The van der Waals surface area contributed by atoms with E-state index in [4.69, 9.17) is 0 Å². The minimum atomic E-state index is -0.123. The number of aryl methyl sites for hydroxylation is 2. The van der Waals surface area contributed by atoms with E-state index in [2.05, 4.69) is 83.8 Å². The molecule has 0 aliphatic heterocycles. The Morgan fingerprint density at radius 2 is 1.59 bits per heavy atom. The van der Waals surface area contributed by atoms with E-state index in [-0.39, 0.29) is 5.91 Å². The van der Waals surface area contributed by atoms with E-state index < -0.39 is 0 Å². The van der Waals surface area contributed by atoms with Gasteiger partial charge in [0.25, 0.3) is 5.91 Å². The zero-order chi connectivity index (χ0) is 22.4. The molecule has 0 aliphatic rings. The van der Waals surface area contributed by atoms with E-state index in [1.165, 1.54) is 5.56 Å². The molecule has 160 valence electrons. The average Bonchev–Trinajstić information content (AvgIpc) is 3.34. The normalized spacial score (nSPS) is 11.5. The predicted octanol–water partition coefficient (Wildman–Crippen LogP) is 6.81. The average molecular weight is 422 g/mol. The van der Waals surface area contributed by atoms with Crippen molar-refractivity contribution in [2.45, 2.75) is 26.7 Å². The van der Waals surface area contributed by atoms with Gasteiger partial charge in [0.05, 0.1) is 5.52 Å². The van der Waals surface area contributed by atoms with Gasteiger partial charge in [0.2, 0.25) is 0 Å². The maximum atomic E-state index is 13.4. The van der Waals surface area contributed by atoms with Gasteiger partial charge in [-0.25, -0.2) is 0 Å². The fourth-order valence-electron chi connectivity index (χ4n) is 4.32. The van der Waals surface area contributed by atoms with E-state index in [1.54, 1.807) is 0 Å². The first kappa shape index (κ1) is 20.1. The molecule has 1 N–H and O–H groups in total. The number of nitrogens with one attached hydrogen (secondary N) is 1. The number of rotatable bonds is 4. The summed E-state index contributed by atoms with van der Waals surface area (Å²) in [7, 11) is 2.02. The van der Waals surface area contributed by atoms with Crippen molar-refractivity contribution in [3.63, 3.8) is 0 Å². The lowest BCUT2D eigenvalue weighted by molar-refractivity contribution is 0.102. The molecule has 0 saturated carbocycles. The Bertz CT molecular complexity index is 1450. The number of carbonyl (C=O) groups excluding carboxylic acids is 1. The van der Waals surface area contributed by atoms with Gasteiger partial charge in [-0.1, -0.05) is 38.1 Å².